The Balaban J connectivity index is 1.44. The molecule has 1 saturated heterocycles. The number of nitrogens with one attached hydrogen (secondary N) is 1. The maximum atomic E-state index is 12.8. The largest absolute Gasteiger partial charge is 0.465 e. The van der Waals surface area contributed by atoms with Gasteiger partial charge in [0.15, 0.2) is 0 Å². The SMILES string of the molecule is COC(=O)c1ccc(-c2ccc(/C=C3/SC(=O)N(CC(=O)Nc4cc(C)ccc4C)C3=O)o2)cc1. The molecule has 4 rings (SSSR count). The third-order valence-electron chi connectivity index (χ3n) is 5.33. The lowest BCUT2D eigenvalue weighted by molar-refractivity contribution is -0.127. The number of ether oxygens (including phenoxy) is 1. The number of hydrogen-bond acceptors (Lipinski definition) is 7. The average molecular weight is 491 g/mol. The van der Waals surface area contributed by atoms with Crippen molar-refractivity contribution >= 4 is 46.5 Å². The van der Waals surface area contributed by atoms with Gasteiger partial charge in [0, 0.05) is 17.3 Å². The van der Waals surface area contributed by atoms with Gasteiger partial charge in [-0.25, -0.2) is 4.79 Å². The summed E-state index contributed by atoms with van der Waals surface area (Å²) in [5, 5.41) is 2.23. The Morgan fingerprint density at radius 1 is 1.06 bits per heavy atom. The zero-order chi connectivity index (χ0) is 25.1. The van der Waals surface area contributed by atoms with Crippen LogP contribution in [0, 0.1) is 13.8 Å². The second kappa shape index (κ2) is 10.0. The molecule has 35 heavy (non-hydrogen) atoms. The maximum absolute atomic E-state index is 12.8. The van der Waals surface area contributed by atoms with E-state index in [2.05, 4.69) is 5.32 Å². The van der Waals surface area contributed by atoms with Crippen LogP contribution in [0.2, 0.25) is 0 Å². The Bertz CT molecular complexity index is 1360. The van der Waals surface area contributed by atoms with Gasteiger partial charge in [-0.3, -0.25) is 19.3 Å². The molecule has 0 bridgehead atoms. The van der Waals surface area contributed by atoms with E-state index < -0.39 is 23.0 Å². The fourth-order valence-corrected chi connectivity index (χ4v) is 4.26. The first-order valence-corrected chi connectivity index (χ1v) is 11.5. The summed E-state index contributed by atoms with van der Waals surface area (Å²) >= 11 is 0.750. The van der Waals surface area contributed by atoms with Crippen molar-refractivity contribution in [3.63, 3.8) is 0 Å². The number of rotatable bonds is 6. The summed E-state index contributed by atoms with van der Waals surface area (Å²) < 4.78 is 10.5. The third-order valence-corrected chi connectivity index (χ3v) is 6.24. The Labute approximate surface area is 205 Å². The van der Waals surface area contributed by atoms with Crippen LogP contribution in [0.15, 0.2) is 63.9 Å². The molecule has 0 aliphatic carbocycles. The van der Waals surface area contributed by atoms with Crippen LogP contribution in [0.1, 0.15) is 27.2 Å². The molecule has 178 valence electrons. The van der Waals surface area contributed by atoms with Gasteiger partial charge in [-0.05, 0) is 67.1 Å². The van der Waals surface area contributed by atoms with Crippen LogP contribution in [0.3, 0.4) is 0 Å². The molecule has 0 saturated carbocycles. The van der Waals surface area contributed by atoms with Crippen LogP contribution in [0.25, 0.3) is 17.4 Å². The van der Waals surface area contributed by atoms with E-state index in [1.165, 1.54) is 13.2 Å². The molecule has 1 N–H and O–H groups in total. The van der Waals surface area contributed by atoms with Crippen LogP contribution in [0.4, 0.5) is 10.5 Å². The van der Waals surface area contributed by atoms with Crippen molar-refractivity contribution in [1.82, 2.24) is 4.90 Å². The lowest BCUT2D eigenvalue weighted by Crippen LogP contribution is -2.36. The van der Waals surface area contributed by atoms with E-state index in [0.29, 0.717) is 22.8 Å². The number of amides is 3. The molecule has 1 aliphatic heterocycles. The number of benzene rings is 2. The molecule has 9 heteroatoms. The predicted octanol–water partition coefficient (Wildman–Crippen LogP) is 5.03. The van der Waals surface area contributed by atoms with Crippen LogP contribution in [-0.2, 0) is 14.3 Å². The fourth-order valence-electron chi connectivity index (χ4n) is 3.44. The van der Waals surface area contributed by atoms with E-state index in [-0.39, 0.29) is 11.4 Å². The van der Waals surface area contributed by atoms with Crippen LogP contribution < -0.4 is 5.32 Å². The predicted molar refractivity (Wildman–Crippen MR) is 133 cm³/mol. The molecule has 8 nitrogen and oxygen atoms in total. The molecule has 1 fully saturated rings. The molecule has 1 aromatic heterocycles. The Hall–Kier alpha value is -4.11. The number of carbonyl (C=O) groups excluding carboxylic acids is 4. The zero-order valence-corrected chi connectivity index (χ0v) is 20.1. The van der Waals surface area contributed by atoms with Gasteiger partial charge in [-0.1, -0.05) is 24.3 Å². The van der Waals surface area contributed by atoms with Crippen molar-refractivity contribution in [3.8, 4) is 11.3 Å². The summed E-state index contributed by atoms with van der Waals surface area (Å²) in [5.74, 6) is -0.549. The van der Waals surface area contributed by atoms with Crippen molar-refractivity contribution in [2.75, 3.05) is 19.0 Å². The van der Waals surface area contributed by atoms with Crippen molar-refractivity contribution in [2.24, 2.45) is 0 Å². The number of hydrogen-bond donors (Lipinski definition) is 1. The highest BCUT2D eigenvalue weighted by Gasteiger charge is 2.36. The van der Waals surface area contributed by atoms with E-state index >= 15 is 0 Å². The van der Waals surface area contributed by atoms with Gasteiger partial charge in [-0.2, -0.15) is 0 Å². The lowest BCUT2D eigenvalue weighted by Gasteiger charge is -2.14. The van der Waals surface area contributed by atoms with Gasteiger partial charge in [0.1, 0.15) is 18.1 Å². The van der Waals surface area contributed by atoms with Crippen molar-refractivity contribution in [1.29, 1.82) is 0 Å². The molecule has 2 heterocycles. The number of anilines is 1. The summed E-state index contributed by atoms with van der Waals surface area (Å²) in [6, 6.07) is 15.7. The minimum atomic E-state index is -0.559. The number of esters is 1. The Morgan fingerprint density at radius 3 is 2.51 bits per heavy atom. The van der Waals surface area contributed by atoms with Gasteiger partial charge in [0.25, 0.3) is 11.1 Å². The first-order chi connectivity index (χ1) is 16.7. The Kier molecular flexibility index (Phi) is 6.88. The number of imide groups is 1. The third kappa shape index (κ3) is 5.36. The highest BCUT2D eigenvalue weighted by atomic mass is 32.2. The van der Waals surface area contributed by atoms with E-state index in [1.807, 2.05) is 32.0 Å². The molecule has 0 atom stereocenters. The highest BCUT2D eigenvalue weighted by Crippen LogP contribution is 2.33. The van der Waals surface area contributed by atoms with Gasteiger partial charge in [0.05, 0.1) is 17.6 Å². The van der Waals surface area contributed by atoms with Gasteiger partial charge < -0.3 is 14.5 Å². The average Bonchev–Trinajstić information content (AvgIpc) is 3.41. The fraction of sp³-hybridized carbons (Fsp3) is 0.154. The van der Waals surface area contributed by atoms with Gasteiger partial charge >= 0.3 is 5.97 Å². The van der Waals surface area contributed by atoms with Crippen LogP contribution in [0.5, 0.6) is 0 Å². The summed E-state index contributed by atoms with van der Waals surface area (Å²) in [7, 11) is 1.31. The van der Waals surface area contributed by atoms with E-state index in [9.17, 15) is 19.2 Å². The van der Waals surface area contributed by atoms with Crippen molar-refractivity contribution in [3.05, 3.63) is 82.0 Å². The molecular weight excluding hydrogens is 468 g/mol. The number of thioether (sulfide) groups is 1. The molecule has 2 aromatic carbocycles. The summed E-state index contributed by atoms with van der Waals surface area (Å²) in [6.07, 6.45) is 1.47. The molecule has 0 unspecified atom stereocenters. The molecule has 3 aromatic rings. The molecule has 3 amide bonds. The van der Waals surface area contributed by atoms with Gasteiger partial charge in [-0.15, -0.1) is 0 Å². The van der Waals surface area contributed by atoms with Crippen molar-refractivity contribution < 1.29 is 28.3 Å². The number of furan rings is 1. The number of carbonyl (C=O) groups is 4. The van der Waals surface area contributed by atoms with Crippen LogP contribution in [-0.4, -0.2) is 41.6 Å². The Morgan fingerprint density at radius 2 is 1.80 bits per heavy atom. The lowest BCUT2D eigenvalue weighted by atomic mass is 10.1. The highest BCUT2D eigenvalue weighted by molar-refractivity contribution is 8.18. The molecule has 0 spiro atoms. The topological polar surface area (TPSA) is 106 Å². The smallest absolute Gasteiger partial charge is 0.337 e. The first kappa shape index (κ1) is 24.0. The number of aryl methyl sites for hydroxylation is 2. The van der Waals surface area contributed by atoms with E-state index in [4.69, 9.17) is 9.15 Å². The minimum absolute atomic E-state index is 0.163. The monoisotopic (exact) mass is 490 g/mol. The normalized spacial score (nSPS) is 14.5. The quantitative estimate of drug-likeness (QED) is 0.382. The van der Waals surface area contributed by atoms with Crippen molar-refractivity contribution in [2.45, 2.75) is 13.8 Å². The number of methoxy groups -OCH3 is 1. The number of nitrogens with zero attached hydrogens (tertiary/aromatic N) is 1. The van der Waals surface area contributed by atoms with Crippen LogP contribution >= 0.6 is 11.8 Å². The summed E-state index contributed by atoms with van der Waals surface area (Å²) in [4.78, 5) is 50.4. The summed E-state index contributed by atoms with van der Waals surface area (Å²) in [5.41, 5.74) is 3.65. The first-order valence-electron chi connectivity index (χ1n) is 10.7. The van der Waals surface area contributed by atoms with Gasteiger partial charge in [0.2, 0.25) is 5.91 Å². The minimum Gasteiger partial charge on any atom is -0.465 e. The van der Waals surface area contributed by atoms with E-state index in [1.54, 1.807) is 36.4 Å². The maximum Gasteiger partial charge on any atom is 0.337 e. The molecule has 1 aliphatic rings. The second-order valence-corrected chi connectivity index (χ2v) is 8.90. The zero-order valence-electron chi connectivity index (χ0n) is 19.3. The summed E-state index contributed by atoms with van der Waals surface area (Å²) in [6.45, 7) is 3.39. The molecular formula is C26H22N2O6S. The molecule has 0 radical (unpaired) electrons. The second-order valence-electron chi connectivity index (χ2n) is 7.91. The van der Waals surface area contributed by atoms with E-state index in [0.717, 1.165) is 33.4 Å². The standard InChI is InChI=1S/C26H22N2O6S/c1-15-4-5-16(2)20(12-15)27-23(29)14-28-24(30)22(35-26(28)32)13-19-10-11-21(34-19)17-6-8-18(9-7-17)25(31)33-3/h4-13H,14H2,1-3H3,(H,27,29)/b22-13+.